The van der Waals surface area contributed by atoms with Gasteiger partial charge in [0.25, 0.3) is 5.91 Å². The van der Waals surface area contributed by atoms with E-state index >= 15 is 0 Å². The third kappa shape index (κ3) is 5.92. The average Bonchev–Trinajstić information content (AvgIpc) is 4.03. The zero-order valence-electron chi connectivity index (χ0n) is 27.4. The topological polar surface area (TPSA) is 114 Å². The summed E-state index contributed by atoms with van der Waals surface area (Å²) in [7, 11) is 0. The van der Waals surface area contributed by atoms with Gasteiger partial charge in [0, 0.05) is 39.2 Å². The smallest absolute Gasteiger partial charge is 0.270 e. The third-order valence-corrected chi connectivity index (χ3v) is 9.11. The van der Waals surface area contributed by atoms with Crippen molar-refractivity contribution >= 4 is 28.5 Å². The molecule has 7 heteroatoms. The fourth-order valence-corrected chi connectivity index (χ4v) is 6.65. The molecule has 4 heterocycles. The largest absolute Gasteiger partial charge is 0.373 e. The van der Waals surface area contributed by atoms with E-state index in [0.717, 1.165) is 38.7 Å². The second kappa shape index (κ2) is 13.2. The summed E-state index contributed by atoms with van der Waals surface area (Å²) in [6.07, 6.45) is 3.22. The number of aliphatic imine (C=N–C) groups is 1. The Morgan fingerprint density at radius 3 is 1.57 bits per heavy atom. The minimum absolute atomic E-state index is 0.165. The Hall–Kier alpha value is -6.83. The molecule has 1 aliphatic heterocycles. The molecule has 4 aromatic carbocycles. The van der Waals surface area contributed by atoms with Gasteiger partial charge in [0.05, 0.1) is 22.8 Å². The summed E-state index contributed by atoms with van der Waals surface area (Å²) in [5.41, 5.74) is 5.81. The molecule has 0 bridgehead atoms. The quantitative estimate of drug-likeness (QED) is 0.139. The molecule has 0 fully saturated rings. The number of ketones is 1. The molecule has 1 atom stereocenters. The molecular formula is C44H32N4O3. The highest BCUT2D eigenvalue weighted by Crippen LogP contribution is 2.37. The van der Waals surface area contributed by atoms with Crippen LogP contribution in [0.25, 0.3) is 11.1 Å². The van der Waals surface area contributed by atoms with Crippen molar-refractivity contribution in [2.75, 3.05) is 0 Å². The van der Waals surface area contributed by atoms with Gasteiger partial charge in [-0.3, -0.25) is 9.59 Å². The number of carbonyl (C=O) groups excluding carboxylic acids is 2. The molecule has 1 unspecified atom stereocenters. The zero-order chi connectivity index (χ0) is 34.8. The molecule has 246 valence electrons. The fourth-order valence-electron chi connectivity index (χ4n) is 6.65. The van der Waals surface area contributed by atoms with Crippen LogP contribution in [0.3, 0.4) is 0 Å². The van der Waals surface area contributed by atoms with E-state index in [1.807, 2.05) is 133 Å². The first-order valence-electron chi connectivity index (χ1n) is 16.6. The van der Waals surface area contributed by atoms with E-state index in [1.165, 1.54) is 6.08 Å². The lowest BCUT2D eigenvalue weighted by molar-refractivity contribution is -0.113. The lowest BCUT2D eigenvalue weighted by atomic mass is 9.87. The first kappa shape index (κ1) is 31.4. The number of benzene rings is 4. The number of nitrogens with zero attached hydrogens (tertiary/aromatic N) is 1. The highest BCUT2D eigenvalue weighted by atomic mass is 16.3. The van der Waals surface area contributed by atoms with Gasteiger partial charge >= 0.3 is 0 Å². The molecule has 3 aromatic heterocycles. The van der Waals surface area contributed by atoms with E-state index in [2.05, 4.69) is 19.9 Å². The molecule has 0 aliphatic carbocycles. The van der Waals surface area contributed by atoms with Crippen molar-refractivity contribution in [2.45, 2.75) is 5.60 Å². The fraction of sp³-hybridized carbons (Fsp3) is 0.0227. The lowest BCUT2D eigenvalue weighted by Gasteiger charge is -2.27. The molecule has 51 heavy (non-hydrogen) atoms. The second-order valence-electron chi connectivity index (χ2n) is 12.3. The van der Waals surface area contributed by atoms with Crippen molar-refractivity contribution in [3.8, 4) is 0 Å². The molecule has 8 rings (SSSR count). The number of allylic oxidation sites excluding steroid dienone is 1. The van der Waals surface area contributed by atoms with Crippen LogP contribution in [0.15, 0.2) is 175 Å². The van der Waals surface area contributed by atoms with Crippen LogP contribution in [0.2, 0.25) is 0 Å². The minimum atomic E-state index is -1.65. The summed E-state index contributed by atoms with van der Waals surface area (Å²) in [6, 6.07) is 49.6. The molecule has 7 nitrogen and oxygen atoms in total. The summed E-state index contributed by atoms with van der Waals surface area (Å²) < 4.78 is 0. The number of aliphatic hydroxyl groups is 1. The summed E-state index contributed by atoms with van der Waals surface area (Å²) in [6.45, 7) is 0. The van der Waals surface area contributed by atoms with Crippen molar-refractivity contribution in [2.24, 2.45) is 4.99 Å². The van der Waals surface area contributed by atoms with Crippen LogP contribution >= 0.6 is 0 Å². The molecule has 4 N–H and O–H groups in total. The van der Waals surface area contributed by atoms with Gasteiger partial charge in [-0.05, 0) is 59.2 Å². The van der Waals surface area contributed by atoms with Gasteiger partial charge in [0.1, 0.15) is 0 Å². The maximum Gasteiger partial charge on any atom is 0.270 e. The summed E-state index contributed by atoms with van der Waals surface area (Å²) in [4.78, 5) is 40.2. The lowest BCUT2D eigenvalue weighted by Crippen LogP contribution is -2.30. The molecular weight excluding hydrogens is 633 g/mol. The van der Waals surface area contributed by atoms with E-state index in [1.54, 1.807) is 30.3 Å². The van der Waals surface area contributed by atoms with Crippen molar-refractivity contribution in [3.05, 3.63) is 226 Å². The Bertz CT molecular complexity index is 2560. The Morgan fingerprint density at radius 2 is 1.00 bits per heavy atom. The number of amides is 1. The second-order valence-corrected chi connectivity index (χ2v) is 12.3. The van der Waals surface area contributed by atoms with Gasteiger partial charge in [0.2, 0.25) is 5.78 Å². The van der Waals surface area contributed by atoms with Crippen LogP contribution in [0.1, 0.15) is 49.8 Å². The number of aromatic nitrogens is 3. The first-order chi connectivity index (χ1) is 25.0. The van der Waals surface area contributed by atoms with Gasteiger partial charge in [0.15, 0.2) is 5.60 Å². The minimum Gasteiger partial charge on any atom is -0.373 e. The average molecular weight is 665 g/mol. The number of hydrogen-bond donors (Lipinski definition) is 4. The molecule has 1 amide bonds. The van der Waals surface area contributed by atoms with Crippen LogP contribution in [0.5, 0.6) is 0 Å². The van der Waals surface area contributed by atoms with Crippen LogP contribution in [0.4, 0.5) is 0 Å². The van der Waals surface area contributed by atoms with E-state index in [-0.39, 0.29) is 11.7 Å². The Labute approximate surface area is 293 Å². The Kier molecular flexibility index (Phi) is 8.16. The normalized spacial score (nSPS) is 14.9. The standard InChI is InChI=1S/C44H32N4O3/c49-40-28-25-36(48-40)42(30-15-7-2-8-16-30)34-22-21-33(45-34)41(29-13-5-1-6-14-29)35-23-26-38(46-35)44(51,32-19-11-4-12-20-32)39-27-24-37(47-39)43(50)31-17-9-3-10-18-31/h1-28,45-47,51H/b41-33+,42-34-. The van der Waals surface area contributed by atoms with Gasteiger partial charge in [-0.2, -0.15) is 0 Å². The van der Waals surface area contributed by atoms with E-state index < -0.39 is 5.60 Å². The highest BCUT2D eigenvalue weighted by molar-refractivity contribution is 6.34. The molecule has 0 saturated heterocycles. The summed E-state index contributed by atoms with van der Waals surface area (Å²) >= 11 is 0. The number of carbonyl (C=O) groups is 2. The third-order valence-electron chi connectivity index (χ3n) is 9.11. The number of H-pyrrole nitrogens is 3. The molecule has 7 aromatic rings. The van der Waals surface area contributed by atoms with Crippen molar-refractivity contribution < 1.29 is 14.7 Å². The monoisotopic (exact) mass is 664 g/mol. The van der Waals surface area contributed by atoms with Crippen LogP contribution < -0.4 is 10.7 Å². The number of hydrogen-bond acceptors (Lipinski definition) is 3. The van der Waals surface area contributed by atoms with E-state index in [9.17, 15) is 14.7 Å². The molecule has 0 radical (unpaired) electrons. The molecule has 0 spiro atoms. The first-order valence-corrected chi connectivity index (χ1v) is 16.6. The SMILES string of the molecule is O=C1C=CC(/C(c2ccccc2)=c2/cc/c(=C(/c3ccccc3)c3ccc(C(O)(c4ccccc4)c4ccc(C(=O)c5ccccc5)[nH]4)[nH]3)[nH]2)=N1. The van der Waals surface area contributed by atoms with Crippen molar-refractivity contribution in [1.29, 1.82) is 0 Å². The summed E-state index contributed by atoms with van der Waals surface area (Å²) in [5.74, 6) is -0.452. The Morgan fingerprint density at radius 1 is 0.510 bits per heavy atom. The van der Waals surface area contributed by atoms with Gasteiger partial charge in [-0.1, -0.05) is 121 Å². The predicted octanol–water partition coefficient (Wildman–Crippen LogP) is 6.17. The number of rotatable bonds is 9. The highest BCUT2D eigenvalue weighted by Gasteiger charge is 2.37. The van der Waals surface area contributed by atoms with Crippen LogP contribution in [-0.4, -0.2) is 37.5 Å². The molecule has 1 aliphatic rings. The van der Waals surface area contributed by atoms with Gasteiger partial charge in [-0.15, -0.1) is 0 Å². The maximum absolute atomic E-state index is 13.4. The number of nitrogens with one attached hydrogen (secondary N) is 3. The molecule has 0 saturated carbocycles. The van der Waals surface area contributed by atoms with E-state index in [4.69, 9.17) is 0 Å². The van der Waals surface area contributed by atoms with Crippen molar-refractivity contribution in [1.82, 2.24) is 15.0 Å². The number of aromatic amines is 3. The summed E-state index contributed by atoms with van der Waals surface area (Å²) in [5, 5.41) is 14.4. The maximum atomic E-state index is 13.4. The van der Waals surface area contributed by atoms with Gasteiger partial charge in [-0.25, -0.2) is 4.99 Å². The van der Waals surface area contributed by atoms with Crippen LogP contribution in [-0.2, 0) is 10.4 Å². The predicted molar refractivity (Wildman–Crippen MR) is 199 cm³/mol. The zero-order valence-corrected chi connectivity index (χ0v) is 27.4. The van der Waals surface area contributed by atoms with Crippen molar-refractivity contribution in [3.63, 3.8) is 0 Å². The van der Waals surface area contributed by atoms with E-state index in [0.29, 0.717) is 33.9 Å². The Balaban J connectivity index is 1.30. The van der Waals surface area contributed by atoms with Crippen LogP contribution in [0, 0.1) is 0 Å². The van der Waals surface area contributed by atoms with Gasteiger partial charge < -0.3 is 20.1 Å².